The van der Waals surface area contributed by atoms with Crippen molar-refractivity contribution in [3.8, 4) is 0 Å². The second kappa shape index (κ2) is 4.90. The van der Waals surface area contributed by atoms with Crippen LogP contribution in [-0.4, -0.2) is 19.9 Å². The molecule has 0 aromatic rings. The van der Waals surface area contributed by atoms with Gasteiger partial charge in [-0.2, -0.15) is 0 Å². The second-order valence-electron chi connectivity index (χ2n) is 0.984. The van der Waals surface area contributed by atoms with Crippen LogP contribution in [0.3, 0.4) is 0 Å². The Hall–Kier alpha value is 0.0700. The minimum atomic E-state index is -4.64. The van der Waals surface area contributed by atoms with Crippen molar-refractivity contribution in [2.24, 2.45) is 0 Å². The van der Waals surface area contributed by atoms with Crippen molar-refractivity contribution >= 4 is 24.7 Å². The molecular weight excluding hydrogens is 170 g/mol. The third-order valence-corrected chi connectivity index (χ3v) is 0. The number of phosphoric acid groups is 1. The monoisotopic (exact) mass is 176 g/mol. The third kappa shape index (κ3) is 60700. The zero-order valence-corrected chi connectivity index (χ0v) is 6.13. The van der Waals surface area contributed by atoms with Crippen molar-refractivity contribution in [1.82, 2.24) is 0 Å². The van der Waals surface area contributed by atoms with Gasteiger partial charge in [0.25, 0.3) is 0 Å². The first-order valence-corrected chi connectivity index (χ1v) is 3.62. The summed E-state index contributed by atoms with van der Waals surface area (Å²) in [7, 11) is -4.64. The highest BCUT2D eigenvalue weighted by atomic mass is 35.5. The van der Waals surface area contributed by atoms with Crippen LogP contribution in [-0.2, 0) is 9.36 Å². The number of hydrogen-bond acceptors (Lipinski definition) is 2. The SMILES string of the molecule is CC(=O)Cl.O=P(O)(O)O. The molecule has 56 valence electrons. The Kier molecular flexibility index (Phi) is 6.44. The molecular formula is C2H6ClO5P. The lowest BCUT2D eigenvalue weighted by Gasteiger charge is -1.82. The Balaban J connectivity index is 0. The Labute approximate surface area is 56.5 Å². The summed E-state index contributed by atoms with van der Waals surface area (Å²) in [4.78, 5) is 30.8. The van der Waals surface area contributed by atoms with Crippen molar-refractivity contribution in [2.45, 2.75) is 6.92 Å². The Morgan fingerprint density at radius 2 is 1.44 bits per heavy atom. The molecule has 0 saturated heterocycles. The van der Waals surface area contributed by atoms with Crippen LogP contribution in [0.25, 0.3) is 0 Å². The van der Waals surface area contributed by atoms with Crippen LogP contribution < -0.4 is 0 Å². The van der Waals surface area contributed by atoms with Crippen LogP contribution >= 0.6 is 19.4 Å². The maximum atomic E-state index is 9.21. The van der Waals surface area contributed by atoms with E-state index < -0.39 is 7.82 Å². The van der Waals surface area contributed by atoms with Crippen LogP contribution in [0, 0.1) is 0 Å². The minimum Gasteiger partial charge on any atom is -0.303 e. The van der Waals surface area contributed by atoms with Crippen molar-refractivity contribution in [3.63, 3.8) is 0 Å². The molecule has 3 N–H and O–H groups in total. The van der Waals surface area contributed by atoms with Crippen LogP contribution in [0.5, 0.6) is 0 Å². The van der Waals surface area contributed by atoms with Gasteiger partial charge in [0, 0.05) is 6.92 Å². The fourth-order valence-electron chi connectivity index (χ4n) is 0. The zero-order valence-electron chi connectivity index (χ0n) is 4.48. The molecule has 0 unspecified atom stereocenters. The van der Waals surface area contributed by atoms with Gasteiger partial charge < -0.3 is 14.7 Å². The van der Waals surface area contributed by atoms with E-state index >= 15 is 0 Å². The molecule has 0 aliphatic heterocycles. The highest BCUT2D eigenvalue weighted by Gasteiger charge is 2.00. The smallest absolute Gasteiger partial charge is 0.303 e. The van der Waals surface area contributed by atoms with E-state index in [9.17, 15) is 4.79 Å². The second-order valence-corrected chi connectivity index (χ2v) is 2.54. The largest absolute Gasteiger partial charge is 0.466 e. The normalized spacial score (nSPS) is 9.44. The molecule has 0 atom stereocenters. The Bertz CT molecular complexity index is 115. The maximum absolute atomic E-state index is 9.21. The van der Waals surface area contributed by atoms with E-state index in [2.05, 4.69) is 11.6 Å². The predicted molar refractivity (Wildman–Crippen MR) is 30.8 cm³/mol. The Morgan fingerprint density at radius 1 is 1.44 bits per heavy atom. The van der Waals surface area contributed by atoms with Gasteiger partial charge in [-0.1, -0.05) is 0 Å². The summed E-state index contributed by atoms with van der Waals surface area (Å²) in [5.74, 6) is 0. The number of rotatable bonds is 0. The van der Waals surface area contributed by atoms with Gasteiger partial charge >= 0.3 is 7.82 Å². The van der Waals surface area contributed by atoms with E-state index in [0.717, 1.165) is 0 Å². The van der Waals surface area contributed by atoms with E-state index in [1.165, 1.54) is 6.92 Å². The van der Waals surface area contributed by atoms with E-state index in [1.807, 2.05) is 0 Å². The highest BCUT2D eigenvalue weighted by Crippen LogP contribution is 2.25. The first kappa shape index (κ1) is 11.8. The molecule has 5 nitrogen and oxygen atoms in total. The number of carbonyl (C=O) groups excluding carboxylic acids is 1. The van der Waals surface area contributed by atoms with Gasteiger partial charge in [-0.05, 0) is 11.6 Å². The lowest BCUT2D eigenvalue weighted by molar-refractivity contribution is -0.109. The van der Waals surface area contributed by atoms with Crippen molar-refractivity contribution in [3.05, 3.63) is 0 Å². The molecule has 0 aliphatic carbocycles. The lowest BCUT2D eigenvalue weighted by Crippen LogP contribution is -1.66. The summed E-state index contributed by atoms with van der Waals surface area (Å²) < 4.78 is 8.88. The van der Waals surface area contributed by atoms with Crippen LogP contribution in [0.1, 0.15) is 6.92 Å². The van der Waals surface area contributed by atoms with Gasteiger partial charge in [0.15, 0.2) is 0 Å². The highest BCUT2D eigenvalue weighted by molar-refractivity contribution is 7.45. The predicted octanol–water partition coefficient (Wildman–Crippen LogP) is -0.157. The van der Waals surface area contributed by atoms with Gasteiger partial charge in [-0.3, -0.25) is 4.79 Å². The van der Waals surface area contributed by atoms with Crippen molar-refractivity contribution < 1.29 is 24.0 Å². The zero-order chi connectivity index (χ0) is 8.08. The summed E-state index contributed by atoms with van der Waals surface area (Å²) in [6, 6.07) is 0. The molecule has 0 bridgehead atoms. The van der Waals surface area contributed by atoms with E-state index in [0.29, 0.717) is 0 Å². The first-order valence-electron chi connectivity index (χ1n) is 1.68. The van der Waals surface area contributed by atoms with Gasteiger partial charge in [-0.15, -0.1) is 0 Å². The summed E-state index contributed by atoms with van der Waals surface area (Å²) in [5.41, 5.74) is 0. The molecule has 0 aliphatic rings. The maximum Gasteiger partial charge on any atom is 0.466 e. The minimum absolute atomic E-state index is 0.361. The summed E-state index contributed by atoms with van der Waals surface area (Å²) in [6.07, 6.45) is 0. The fraction of sp³-hybridized carbons (Fsp3) is 0.500. The van der Waals surface area contributed by atoms with Gasteiger partial charge in [0.1, 0.15) is 0 Å². The average molecular weight is 176 g/mol. The van der Waals surface area contributed by atoms with Crippen molar-refractivity contribution in [2.75, 3.05) is 0 Å². The quantitative estimate of drug-likeness (QED) is 0.352. The lowest BCUT2D eigenvalue weighted by atomic mass is 10.9. The first-order chi connectivity index (χ1) is 3.73. The third-order valence-electron chi connectivity index (χ3n) is 0. The number of halogens is 1. The van der Waals surface area contributed by atoms with E-state index in [1.54, 1.807) is 0 Å². The topological polar surface area (TPSA) is 94.8 Å². The molecule has 0 heterocycles. The van der Waals surface area contributed by atoms with E-state index in [-0.39, 0.29) is 5.24 Å². The molecule has 9 heavy (non-hydrogen) atoms. The van der Waals surface area contributed by atoms with Crippen molar-refractivity contribution in [1.29, 1.82) is 0 Å². The number of hydrogen-bond donors (Lipinski definition) is 3. The fourth-order valence-corrected chi connectivity index (χ4v) is 0. The molecule has 0 aromatic heterocycles. The van der Waals surface area contributed by atoms with Crippen LogP contribution in [0.4, 0.5) is 0 Å². The summed E-state index contributed by atoms with van der Waals surface area (Å²) in [6.45, 7) is 1.29. The van der Waals surface area contributed by atoms with Crippen LogP contribution in [0.15, 0.2) is 0 Å². The van der Waals surface area contributed by atoms with Gasteiger partial charge in [-0.25, -0.2) is 4.57 Å². The van der Waals surface area contributed by atoms with Crippen LogP contribution in [0.2, 0.25) is 0 Å². The molecule has 0 saturated carbocycles. The molecule has 0 radical (unpaired) electrons. The van der Waals surface area contributed by atoms with E-state index in [4.69, 9.17) is 19.2 Å². The Morgan fingerprint density at radius 3 is 1.44 bits per heavy atom. The number of carbonyl (C=O) groups is 1. The average Bonchev–Trinajstić information content (AvgIpc) is 1.19. The molecule has 0 spiro atoms. The molecule has 0 fully saturated rings. The molecule has 0 aromatic carbocycles. The van der Waals surface area contributed by atoms with Gasteiger partial charge in [0.2, 0.25) is 5.24 Å². The molecule has 0 amide bonds. The molecule has 7 heteroatoms. The summed E-state index contributed by atoms with van der Waals surface area (Å²) in [5, 5.41) is -0.361. The standard InChI is InChI=1S/C2H3ClO.H3O4P/c1-2(3)4;1-5(2,3)4/h1H3;(H3,1,2,3,4). The summed E-state index contributed by atoms with van der Waals surface area (Å²) >= 11 is 4.64. The molecule has 0 rings (SSSR count). The van der Waals surface area contributed by atoms with Gasteiger partial charge in [0.05, 0.1) is 0 Å².